The molecule has 0 spiro atoms. The lowest BCUT2D eigenvalue weighted by Gasteiger charge is -2.36. The smallest absolute Gasteiger partial charge is 0.229 e. The quantitative estimate of drug-likeness (QED) is 0.805. The molecule has 0 aliphatic carbocycles. The van der Waals surface area contributed by atoms with E-state index in [0.29, 0.717) is 18.3 Å². The average Bonchev–Trinajstić information content (AvgIpc) is 2.26. The predicted molar refractivity (Wildman–Crippen MR) is 80.4 cm³/mol. The van der Waals surface area contributed by atoms with Gasteiger partial charge in [-0.3, -0.25) is 4.90 Å². The zero-order valence-corrected chi connectivity index (χ0v) is 13.3. The van der Waals surface area contributed by atoms with Crippen LogP contribution in [0.15, 0.2) is 0 Å². The second-order valence-electron chi connectivity index (χ2n) is 6.28. The van der Waals surface area contributed by atoms with Crippen molar-refractivity contribution in [1.82, 2.24) is 19.9 Å². The van der Waals surface area contributed by atoms with Gasteiger partial charge in [0.25, 0.3) is 0 Å². The molecule has 7 nitrogen and oxygen atoms in total. The molecule has 1 aromatic heterocycles. The van der Waals surface area contributed by atoms with E-state index in [0.717, 1.165) is 0 Å². The van der Waals surface area contributed by atoms with Gasteiger partial charge in [-0.05, 0) is 12.5 Å². The summed E-state index contributed by atoms with van der Waals surface area (Å²) < 4.78 is 0. The van der Waals surface area contributed by atoms with Crippen LogP contribution in [0.4, 0.5) is 11.9 Å². The molecule has 0 fully saturated rings. The van der Waals surface area contributed by atoms with Crippen LogP contribution in [-0.2, 0) is 6.54 Å². The van der Waals surface area contributed by atoms with E-state index < -0.39 is 0 Å². The zero-order valence-electron chi connectivity index (χ0n) is 13.3. The molecule has 1 rings (SSSR count). The summed E-state index contributed by atoms with van der Waals surface area (Å²) in [5.41, 5.74) is 5.68. The monoisotopic (exact) mass is 282 g/mol. The molecule has 114 valence electrons. The molecule has 20 heavy (non-hydrogen) atoms. The van der Waals surface area contributed by atoms with Gasteiger partial charge in [0.15, 0.2) is 0 Å². The summed E-state index contributed by atoms with van der Waals surface area (Å²) in [6.45, 7) is 6.88. The van der Waals surface area contributed by atoms with Gasteiger partial charge in [-0.15, -0.1) is 0 Å². The summed E-state index contributed by atoms with van der Waals surface area (Å²) in [5, 5.41) is 9.58. The highest BCUT2D eigenvalue weighted by molar-refractivity contribution is 5.32. The molecule has 0 saturated carbocycles. The number of aliphatic hydroxyl groups excluding tert-OH is 1. The third kappa shape index (κ3) is 4.28. The lowest BCUT2D eigenvalue weighted by Crippen LogP contribution is -2.44. The Hall–Kier alpha value is -1.47. The molecule has 0 aliphatic heterocycles. The third-order valence-electron chi connectivity index (χ3n) is 3.18. The van der Waals surface area contributed by atoms with Crippen LogP contribution in [0.2, 0.25) is 0 Å². The average molecular weight is 282 g/mol. The third-order valence-corrected chi connectivity index (χ3v) is 3.18. The number of likely N-dealkylation sites (N-methyl/N-ethyl adjacent to an activating group) is 1. The van der Waals surface area contributed by atoms with Gasteiger partial charge in [-0.25, -0.2) is 0 Å². The standard InChI is InChI=1S/C13H26N6O/c1-13(2,3)9(8-20)19(6)7-10-15-11(14)17-12(16-10)18(4)5/h9,20H,7-8H2,1-6H3,(H2,14,15,16,17). The van der Waals surface area contributed by atoms with Crippen molar-refractivity contribution in [2.45, 2.75) is 33.4 Å². The van der Waals surface area contributed by atoms with Gasteiger partial charge in [0.05, 0.1) is 13.2 Å². The van der Waals surface area contributed by atoms with Gasteiger partial charge in [0.1, 0.15) is 5.82 Å². The molecule has 7 heteroatoms. The first-order chi connectivity index (χ1) is 9.15. The highest BCUT2D eigenvalue weighted by atomic mass is 16.3. The van der Waals surface area contributed by atoms with Crippen molar-refractivity contribution < 1.29 is 5.11 Å². The molecule has 1 atom stereocenters. The fourth-order valence-electron chi connectivity index (χ4n) is 2.10. The first kappa shape index (κ1) is 16.6. The van der Waals surface area contributed by atoms with E-state index in [1.165, 1.54) is 0 Å². The van der Waals surface area contributed by atoms with Gasteiger partial charge in [-0.1, -0.05) is 20.8 Å². The number of nitrogen functional groups attached to an aromatic ring is 1. The van der Waals surface area contributed by atoms with Crippen molar-refractivity contribution >= 4 is 11.9 Å². The Labute approximate surface area is 120 Å². The van der Waals surface area contributed by atoms with Gasteiger partial charge in [0, 0.05) is 20.1 Å². The number of hydrogen-bond acceptors (Lipinski definition) is 7. The maximum Gasteiger partial charge on any atom is 0.229 e. The Morgan fingerprint density at radius 2 is 1.75 bits per heavy atom. The summed E-state index contributed by atoms with van der Waals surface area (Å²) in [4.78, 5) is 16.4. The minimum Gasteiger partial charge on any atom is -0.395 e. The van der Waals surface area contributed by atoms with Crippen molar-refractivity contribution in [3.63, 3.8) is 0 Å². The summed E-state index contributed by atoms with van der Waals surface area (Å²) >= 11 is 0. The molecule has 0 aromatic carbocycles. The largest absolute Gasteiger partial charge is 0.395 e. The van der Waals surface area contributed by atoms with Crippen LogP contribution < -0.4 is 10.6 Å². The minimum atomic E-state index is -0.0353. The summed E-state index contributed by atoms with van der Waals surface area (Å²) in [6.07, 6.45) is 0. The number of hydrogen-bond donors (Lipinski definition) is 2. The van der Waals surface area contributed by atoms with Gasteiger partial charge in [-0.2, -0.15) is 15.0 Å². The molecule has 0 amide bonds. The number of nitrogens with zero attached hydrogens (tertiary/aromatic N) is 5. The van der Waals surface area contributed by atoms with Crippen LogP contribution in [0.25, 0.3) is 0 Å². The highest BCUT2D eigenvalue weighted by Crippen LogP contribution is 2.24. The SMILES string of the molecule is CN(C)c1nc(N)nc(CN(C)C(CO)C(C)(C)C)n1. The predicted octanol–water partition coefficient (Wildman–Crippen LogP) is 0.359. The van der Waals surface area contributed by atoms with Gasteiger partial charge >= 0.3 is 0 Å². The fraction of sp³-hybridized carbons (Fsp3) is 0.769. The Morgan fingerprint density at radius 1 is 1.15 bits per heavy atom. The summed E-state index contributed by atoms with van der Waals surface area (Å²) in [6, 6.07) is 0.0169. The van der Waals surface area contributed by atoms with Crippen molar-refractivity contribution in [3.8, 4) is 0 Å². The van der Waals surface area contributed by atoms with E-state index in [9.17, 15) is 5.11 Å². The molecule has 0 aliphatic rings. The Balaban J connectivity index is 2.92. The number of aromatic nitrogens is 3. The van der Waals surface area contributed by atoms with Crippen LogP contribution in [0.1, 0.15) is 26.6 Å². The van der Waals surface area contributed by atoms with Gasteiger partial charge in [0.2, 0.25) is 11.9 Å². The Kier molecular flexibility index (Phi) is 5.24. The van der Waals surface area contributed by atoms with Crippen LogP contribution in [0, 0.1) is 5.41 Å². The fourth-order valence-corrected chi connectivity index (χ4v) is 2.10. The normalized spacial score (nSPS) is 13.6. The molecule has 0 radical (unpaired) electrons. The second kappa shape index (κ2) is 6.32. The Bertz CT molecular complexity index is 443. The molecule has 1 aromatic rings. The number of rotatable bonds is 5. The van der Waals surface area contributed by atoms with E-state index in [1.54, 1.807) is 4.90 Å². The molecule has 3 N–H and O–H groups in total. The molecular weight excluding hydrogens is 256 g/mol. The summed E-state index contributed by atoms with van der Waals surface area (Å²) in [5.74, 6) is 1.35. The number of aliphatic hydroxyl groups is 1. The lowest BCUT2D eigenvalue weighted by atomic mass is 9.86. The van der Waals surface area contributed by atoms with Crippen LogP contribution >= 0.6 is 0 Å². The van der Waals surface area contributed by atoms with Crippen LogP contribution in [0.5, 0.6) is 0 Å². The number of anilines is 2. The lowest BCUT2D eigenvalue weighted by molar-refractivity contribution is 0.0598. The molecule has 1 heterocycles. The van der Waals surface area contributed by atoms with E-state index >= 15 is 0 Å². The Morgan fingerprint density at radius 3 is 2.20 bits per heavy atom. The topological polar surface area (TPSA) is 91.4 Å². The summed E-state index contributed by atoms with van der Waals surface area (Å²) in [7, 11) is 5.66. The van der Waals surface area contributed by atoms with Crippen molar-refractivity contribution in [2.75, 3.05) is 38.4 Å². The van der Waals surface area contributed by atoms with E-state index in [2.05, 4.69) is 35.7 Å². The highest BCUT2D eigenvalue weighted by Gasteiger charge is 2.28. The van der Waals surface area contributed by atoms with Crippen molar-refractivity contribution in [1.29, 1.82) is 0 Å². The number of nitrogens with two attached hydrogens (primary N) is 1. The van der Waals surface area contributed by atoms with Crippen LogP contribution in [-0.4, -0.2) is 58.8 Å². The first-order valence-corrected chi connectivity index (χ1v) is 6.64. The molecular formula is C13H26N6O. The zero-order chi connectivity index (χ0) is 15.5. The maximum atomic E-state index is 9.58. The molecule has 0 bridgehead atoms. The second-order valence-corrected chi connectivity index (χ2v) is 6.28. The molecule has 0 saturated heterocycles. The van der Waals surface area contributed by atoms with E-state index in [-0.39, 0.29) is 24.0 Å². The van der Waals surface area contributed by atoms with E-state index in [4.69, 9.17) is 5.73 Å². The first-order valence-electron chi connectivity index (χ1n) is 6.64. The molecule has 1 unspecified atom stereocenters. The van der Waals surface area contributed by atoms with Crippen molar-refractivity contribution in [3.05, 3.63) is 5.82 Å². The minimum absolute atomic E-state index is 0.0169. The van der Waals surface area contributed by atoms with Crippen molar-refractivity contribution in [2.24, 2.45) is 5.41 Å². The maximum absolute atomic E-state index is 9.58. The van der Waals surface area contributed by atoms with Gasteiger partial charge < -0.3 is 15.7 Å². The van der Waals surface area contributed by atoms with Crippen LogP contribution in [0.3, 0.4) is 0 Å². The van der Waals surface area contributed by atoms with E-state index in [1.807, 2.05) is 26.0 Å².